The molecule has 3 rings (SSSR count). The van der Waals surface area contributed by atoms with Crippen molar-refractivity contribution in [1.29, 1.82) is 5.26 Å². The molecule has 2 heteroatoms. The standard InChI is InChI=1S/C21H11NS/c22-16-19-8-6-18(7-9-19)11-13-21-15-14-20(23-21)12-10-17-4-2-1-3-5-17/h1-9,14-15H. The van der Waals surface area contributed by atoms with Crippen LogP contribution >= 0.6 is 11.3 Å². The highest BCUT2D eigenvalue weighted by atomic mass is 32.1. The Morgan fingerprint density at radius 2 is 1.09 bits per heavy atom. The second-order valence-corrected chi connectivity index (χ2v) is 5.80. The minimum atomic E-state index is 0.644. The van der Waals surface area contributed by atoms with Crippen molar-refractivity contribution >= 4 is 11.3 Å². The molecular weight excluding hydrogens is 298 g/mol. The second kappa shape index (κ2) is 7.15. The van der Waals surface area contributed by atoms with Crippen molar-refractivity contribution in [3.63, 3.8) is 0 Å². The van der Waals surface area contributed by atoms with Gasteiger partial charge >= 0.3 is 0 Å². The molecule has 0 aliphatic carbocycles. The van der Waals surface area contributed by atoms with Crippen molar-refractivity contribution in [2.75, 3.05) is 0 Å². The summed E-state index contributed by atoms with van der Waals surface area (Å²) in [6.45, 7) is 0. The van der Waals surface area contributed by atoms with E-state index < -0.39 is 0 Å². The Labute approximate surface area is 139 Å². The normalized spacial score (nSPS) is 9.00. The summed E-state index contributed by atoms with van der Waals surface area (Å²) in [5.41, 5.74) is 2.55. The summed E-state index contributed by atoms with van der Waals surface area (Å²) in [5, 5.41) is 8.77. The predicted octanol–water partition coefficient (Wildman–Crippen LogP) is 4.42. The molecule has 23 heavy (non-hydrogen) atoms. The van der Waals surface area contributed by atoms with Crippen LogP contribution in [0.1, 0.15) is 26.4 Å². The van der Waals surface area contributed by atoms with Gasteiger partial charge in [-0.3, -0.25) is 0 Å². The minimum Gasteiger partial charge on any atom is -0.192 e. The van der Waals surface area contributed by atoms with Gasteiger partial charge in [-0.05, 0) is 48.5 Å². The maximum Gasteiger partial charge on any atom is 0.0991 e. The van der Waals surface area contributed by atoms with Gasteiger partial charge < -0.3 is 0 Å². The van der Waals surface area contributed by atoms with Crippen molar-refractivity contribution in [3.8, 4) is 29.8 Å². The average Bonchev–Trinajstić information content (AvgIpc) is 3.07. The summed E-state index contributed by atoms with van der Waals surface area (Å²) < 4.78 is 0. The van der Waals surface area contributed by atoms with Gasteiger partial charge in [-0.2, -0.15) is 5.26 Å². The quantitative estimate of drug-likeness (QED) is 0.564. The first-order valence-electron chi connectivity index (χ1n) is 7.02. The van der Waals surface area contributed by atoms with Crippen LogP contribution < -0.4 is 0 Å². The molecule has 106 valence electrons. The van der Waals surface area contributed by atoms with Crippen LogP contribution in [0.5, 0.6) is 0 Å². The van der Waals surface area contributed by atoms with E-state index in [0.717, 1.165) is 20.9 Å². The smallest absolute Gasteiger partial charge is 0.0991 e. The molecule has 0 saturated heterocycles. The van der Waals surface area contributed by atoms with Crippen molar-refractivity contribution in [3.05, 3.63) is 93.2 Å². The third-order valence-electron chi connectivity index (χ3n) is 3.05. The van der Waals surface area contributed by atoms with E-state index >= 15 is 0 Å². The van der Waals surface area contributed by atoms with Crippen molar-refractivity contribution in [2.45, 2.75) is 0 Å². The fourth-order valence-corrected chi connectivity index (χ4v) is 2.60. The molecule has 3 aromatic rings. The summed E-state index contributed by atoms with van der Waals surface area (Å²) in [7, 11) is 0. The summed E-state index contributed by atoms with van der Waals surface area (Å²) in [4.78, 5) is 1.98. The first-order valence-corrected chi connectivity index (χ1v) is 7.84. The van der Waals surface area contributed by atoms with E-state index in [9.17, 15) is 0 Å². The Morgan fingerprint density at radius 3 is 1.65 bits per heavy atom. The van der Waals surface area contributed by atoms with E-state index in [1.807, 2.05) is 54.6 Å². The number of hydrogen-bond acceptors (Lipinski definition) is 2. The van der Waals surface area contributed by atoms with Crippen molar-refractivity contribution < 1.29 is 0 Å². The SMILES string of the molecule is N#Cc1ccc(C#Cc2ccc(C#Cc3ccccc3)s2)cc1. The molecule has 2 aromatic carbocycles. The van der Waals surface area contributed by atoms with E-state index in [1.165, 1.54) is 0 Å². The van der Waals surface area contributed by atoms with Gasteiger partial charge in [-0.25, -0.2) is 0 Å². The van der Waals surface area contributed by atoms with E-state index in [2.05, 4.69) is 29.8 Å². The molecule has 1 aromatic heterocycles. The van der Waals surface area contributed by atoms with Gasteiger partial charge in [0, 0.05) is 11.1 Å². The van der Waals surface area contributed by atoms with Crippen LogP contribution in [0, 0.1) is 35.0 Å². The molecule has 1 heterocycles. The highest BCUT2D eigenvalue weighted by molar-refractivity contribution is 7.13. The molecular formula is C21H11NS. The summed E-state index contributed by atoms with van der Waals surface area (Å²) >= 11 is 1.58. The number of benzene rings is 2. The lowest BCUT2D eigenvalue weighted by Gasteiger charge is -1.89. The molecule has 0 aliphatic rings. The number of nitrogens with zero attached hydrogens (tertiary/aromatic N) is 1. The Kier molecular flexibility index (Phi) is 4.56. The fourth-order valence-electron chi connectivity index (χ4n) is 1.89. The topological polar surface area (TPSA) is 23.8 Å². The zero-order valence-corrected chi connectivity index (χ0v) is 13.0. The van der Waals surface area contributed by atoms with Crippen LogP contribution in [0.15, 0.2) is 66.7 Å². The largest absolute Gasteiger partial charge is 0.192 e. The Morgan fingerprint density at radius 1 is 0.565 bits per heavy atom. The Bertz CT molecular complexity index is 966. The molecule has 0 atom stereocenters. The number of thiophene rings is 1. The summed E-state index contributed by atoms with van der Waals surface area (Å²) in [6.07, 6.45) is 0. The first-order chi connectivity index (χ1) is 11.3. The number of rotatable bonds is 0. The van der Waals surface area contributed by atoms with Crippen LogP contribution in [0.25, 0.3) is 0 Å². The van der Waals surface area contributed by atoms with Gasteiger partial charge in [0.2, 0.25) is 0 Å². The average molecular weight is 309 g/mol. The minimum absolute atomic E-state index is 0.644. The van der Waals surface area contributed by atoms with Crippen LogP contribution in [0.2, 0.25) is 0 Å². The van der Waals surface area contributed by atoms with Crippen molar-refractivity contribution in [1.82, 2.24) is 0 Å². The van der Waals surface area contributed by atoms with E-state index in [4.69, 9.17) is 5.26 Å². The van der Waals surface area contributed by atoms with Gasteiger partial charge in [0.15, 0.2) is 0 Å². The van der Waals surface area contributed by atoms with Gasteiger partial charge in [-0.1, -0.05) is 41.9 Å². The number of hydrogen-bond donors (Lipinski definition) is 0. The van der Waals surface area contributed by atoms with Crippen molar-refractivity contribution in [2.24, 2.45) is 0 Å². The molecule has 0 fully saturated rings. The third-order valence-corrected chi connectivity index (χ3v) is 3.97. The van der Waals surface area contributed by atoms with Crippen LogP contribution in [-0.2, 0) is 0 Å². The lowest BCUT2D eigenvalue weighted by molar-refractivity contribution is 1.48. The Balaban J connectivity index is 1.74. The molecule has 0 radical (unpaired) electrons. The Hall–Kier alpha value is -3.25. The van der Waals surface area contributed by atoms with Gasteiger partial charge in [0.25, 0.3) is 0 Å². The number of nitriles is 1. The van der Waals surface area contributed by atoms with Gasteiger partial charge in [0.05, 0.1) is 21.4 Å². The lowest BCUT2D eigenvalue weighted by Crippen LogP contribution is -1.76. The maximum absolute atomic E-state index is 8.77. The molecule has 0 amide bonds. The van der Waals surface area contributed by atoms with E-state index in [0.29, 0.717) is 5.56 Å². The summed E-state index contributed by atoms with van der Waals surface area (Å²) in [5.74, 6) is 12.5. The summed E-state index contributed by atoms with van der Waals surface area (Å²) in [6, 6.07) is 23.3. The first kappa shape index (κ1) is 14.7. The maximum atomic E-state index is 8.77. The zero-order valence-electron chi connectivity index (χ0n) is 12.2. The molecule has 0 spiro atoms. The fraction of sp³-hybridized carbons (Fsp3) is 0. The van der Waals surface area contributed by atoms with Gasteiger partial charge in [-0.15, -0.1) is 11.3 Å². The van der Waals surface area contributed by atoms with E-state index in [-0.39, 0.29) is 0 Å². The predicted molar refractivity (Wildman–Crippen MR) is 93.9 cm³/mol. The molecule has 0 unspecified atom stereocenters. The third kappa shape index (κ3) is 4.12. The highest BCUT2D eigenvalue weighted by Crippen LogP contribution is 2.14. The van der Waals surface area contributed by atoms with Gasteiger partial charge in [0.1, 0.15) is 0 Å². The molecule has 0 N–H and O–H groups in total. The van der Waals surface area contributed by atoms with Crippen LogP contribution in [0.3, 0.4) is 0 Å². The molecule has 0 aliphatic heterocycles. The molecule has 1 nitrogen and oxygen atoms in total. The second-order valence-electron chi connectivity index (χ2n) is 4.72. The molecule has 0 bridgehead atoms. The van der Waals surface area contributed by atoms with Crippen LogP contribution in [-0.4, -0.2) is 0 Å². The lowest BCUT2D eigenvalue weighted by atomic mass is 10.1. The van der Waals surface area contributed by atoms with E-state index in [1.54, 1.807) is 23.5 Å². The molecule has 0 saturated carbocycles. The highest BCUT2D eigenvalue weighted by Gasteiger charge is 1.94. The van der Waals surface area contributed by atoms with Crippen LogP contribution in [0.4, 0.5) is 0 Å². The monoisotopic (exact) mass is 309 g/mol. The zero-order chi connectivity index (χ0) is 15.9.